The molecule has 0 bridgehead atoms. The van der Waals surface area contributed by atoms with Gasteiger partial charge in [-0.15, -0.1) is 0 Å². The van der Waals surface area contributed by atoms with Crippen molar-refractivity contribution in [1.82, 2.24) is 5.32 Å². The van der Waals surface area contributed by atoms with Gasteiger partial charge < -0.3 is 10.4 Å². The number of hydrogen-bond acceptors (Lipinski definition) is 2. The largest absolute Gasteiger partial charge is 0.389 e. The van der Waals surface area contributed by atoms with Gasteiger partial charge in [-0.3, -0.25) is 0 Å². The highest BCUT2D eigenvalue weighted by Crippen LogP contribution is 2.31. The van der Waals surface area contributed by atoms with Crippen LogP contribution in [0.5, 0.6) is 0 Å². The van der Waals surface area contributed by atoms with Gasteiger partial charge in [-0.05, 0) is 37.5 Å². The maximum Gasteiger partial charge on any atom is 0.123 e. The Balaban J connectivity index is 1.86. The predicted molar refractivity (Wildman–Crippen MR) is 56.9 cm³/mol. The van der Waals surface area contributed by atoms with Crippen molar-refractivity contribution in [2.45, 2.75) is 38.0 Å². The van der Waals surface area contributed by atoms with Gasteiger partial charge in [-0.1, -0.05) is 12.1 Å². The fourth-order valence-electron chi connectivity index (χ4n) is 1.87. The molecule has 1 aliphatic carbocycles. The lowest BCUT2D eigenvalue weighted by Crippen LogP contribution is -2.56. The molecule has 1 saturated carbocycles. The van der Waals surface area contributed by atoms with Gasteiger partial charge >= 0.3 is 0 Å². The molecule has 0 aliphatic heterocycles. The Morgan fingerprint density at radius 2 is 2.13 bits per heavy atom. The Morgan fingerprint density at radius 1 is 1.47 bits per heavy atom. The third-order valence-corrected chi connectivity index (χ3v) is 3.16. The van der Waals surface area contributed by atoms with Crippen molar-refractivity contribution in [2.75, 3.05) is 0 Å². The lowest BCUT2D eigenvalue weighted by atomic mass is 9.76. The topological polar surface area (TPSA) is 32.3 Å². The second-order valence-corrected chi connectivity index (χ2v) is 4.46. The number of hydrogen-bond donors (Lipinski definition) is 2. The monoisotopic (exact) mass is 209 g/mol. The normalized spacial score (nSPS) is 29.9. The molecule has 1 aromatic carbocycles. The summed E-state index contributed by atoms with van der Waals surface area (Å²) in [5.74, 6) is -0.214. The first kappa shape index (κ1) is 10.6. The van der Waals surface area contributed by atoms with Gasteiger partial charge in [0.05, 0.1) is 5.60 Å². The molecule has 3 heteroatoms. The Bertz CT molecular complexity index is 334. The van der Waals surface area contributed by atoms with Gasteiger partial charge in [-0.2, -0.15) is 0 Å². The van der Waals surface area contributed by atoms with E-state index in [1.807, 2.05) is 6.92 Å². The van der Waals surface area contributed by atoms with Gasteiger partial charge in [0, 0.05) is 12.6 Å². The van der Waals surface area contributed by atoms with Gasteiger partial charge in [0.25, 0.3) is 0 Å². The van der Waals surface area contributed by atoms with Crippen LogP contribution in [-0.2, 0) is 6.54 Å². The molecule has 0 unspecified atom stereocenters. The van der Waals surface area contributed by atoms with Crippen LogP contribution in [0.1, 0.15) is 25.3 Å². The van der Waals surface area contributed by atoms with Crippen LogP contribution in [0.3, 0.4) is 0 Å². The fourth-order valence-corrected chi connectivity index (χ4v) is 1.87. The molecule has 2 atom stereocenters. The van der Waals surface area contributed by atoms with Gasteiger partial charge in [0.15, 0.2) is 0 Å². The van der Waals surface area contributed by atoms with E-state index in [4.69, 9.17) is 0 Å². The first-order valence-corrected chi connectivity index (χ1v) is 5.28. The summed E-state index contributed by atoms with van der Waals surface area (Å²) in [6.07, 6.45) is 1.86. The maximum atomic E-state index is 12.6. The van der Waals surface area contributed by atoms with Crippen molar-refractivity contribution in [2.24, 2.45) is 0 Å². The number of rotatable bonds is 3. The summed E-state index contributed by atoms with van der Waals surface area (Å²) in [4.78, 5) is 0. The van der Waals surface area contributed by atoms with E-state index in [0.717, 1.165) is 18.4 Å². The van der Waals surface area contributed by atoms with Crippen LogP contribution in [0.25, 0.3) is 0 Å². The molecule has 2 rings (SSSR count). The first-order chi connectivity index (χ1) is 7.08. The molecule has 0 radical (unpaired) electrons. The summed E-state index contributed by atoms with van der Waals surface area (Å²) in [5.41, 5.74) is 0.471. The minimum absolute atomic E-state index is 0.169. The van der Waals surface area contributed by atoms with Crippen LogP contribution >= 0.6 is 0 Å². The van der Waals surface area contributed by atoms with Gasteiger partial charge in [-0.25, -0.2) is 4.39 Å². The van der Waals surface area contributed by atoms with E-state index in [1.165, 1.54) is 12.1 Å². The molecule has 15 heavy (non-hydrogen) atoms. The molecule has 0 amide bonds. The predicted octanol–water partition coefficient (Wildman–Crippen LogP) is 1.83. The Labute approximate surface area is 89.1 Å². The molecule has 0 aromatic heterocycles. The molecule has 2 N–H and O–H groups in total. The van der Waals surface area contributed by atoms with E-state index < -0.39 is 5.60 Å². The summed E-state index contributed by atoms with van der Waals surface area (Å²) >= 11 is 0. The fraction of sp³-hybridized carbons (Fsp3) is 0.500. The zero-order valence-corrected chi connectivity index (χ0v) is 8.83. The molecular weight excluding hydrogens is 193 g/mol. The lowest BCUT2D eigenvalue weighted by molar-refractivity contribution is -0.0523. The van der Waals surface area contributed by atoms with Crippen molar-refractivity contribution < 1.29 is 9.50 Å². The molecule has 0 spiro atoms. The van der Waals surface area contributed by atoms with Crippen LogP contribution in [0.4, 0.5) is 4.39 Å². The van der Waals surface area contributed by atoms with E-state index in [9.17, 15) is 9.50 Å². The van der Waals surface area contributed by atoms with Crippen LogP contribution in [0.15, 0.2) is 24.3 Å². The Hall–Kier alpha value is -0.930. The average molecular weight is 209 g/mol. The zero-order chi connectivity index (χ0) is 10.9. The van der Waals surface area contributed by atoms with E-state index in [0.29, 0.717) is 6.54 Å². The number of aliphatic hydroxyl groups is 1. The highest BCUT2D eigenvalue weighted by molar-refractivity contribution is 5.16. The Kier molecular flexibility index (Phi) is 2.76. The first-order valence-electron chi connectivity index (χ1n) is 5.28. The SMILES string of the molecule is C[C@]1(O)CC[C@@H]1NCc1ccc(F)cc1. The highest BCUT2D eigenvalue weighted by Gasteiger charge is 2.40. The summed E-state index contributed by atoms with van der Waals surface area (Å²) in [5, 5.41) is 13.0. The number of benzene rings is 1. The number of nitrogens with one attached hydrogen (secondary N) is 1. The molecule has 1 fully saturated rings. The molecule has 82 valence electrons. The van der Waals surface area contributed by atoms with Gasteiger partial charge in [0.1, 0.15) is 5.82 Å². The van der Waals surface area contributed by atoms with Crippen LogP contribution in [0, 0.1) is 5.82 Å². The van der Waals surface area contributed by atoms with Gasteiger partial charge in [0.2, 0.25) is 0 Å². The minimum Gasteiger partial charge on any atom is -0.389 e. The van der Waals surface area contributed by atoms with Crippen molar-refractivity contribution in [3.05, 3.63) is 35.6 Å². The van der Waals surface area contributed by atoms with Crippen LogP contribution in [-0.4, -0.2) is 16.7 Å². The zero-order valence-electron chi connectivity index (χ0n) is 8.83. The molecule has 2 nitrogen and oxygen atoms in total. The second-order valence-electron chi connectivity index (χ2n) is 4.46. The van der Waals surface area contributed by atoms with E-state index in [1.54, 1.807) is 12.1 Å². The smallest absolute Gasteiger partial charge is 0.123 e. The standard InChI is InChI=1S/C12H16FNO/c1-12(15)7-6-11(12)14-8-9-2-4-10(13)5-3-9/h2-5,11,14-15H,6-8H2,1H3/t11-,12-/m0/s1. The van der Waals surface area contributed by atoms with E-state index in [2.05, 4.69) is 5.32 Å². The van der Waals surface area contributed by atoms with Crippen molar-refractivity contribution >= 4 is 0 Å². The van der Waals surface area contributed by atoms with E-state index in [-0.39, 0.29) is 11.9 Å². The average Bonchev–Trinajstić information content (AvgIpc) is 2.20. The lowest BCUT2D eigenvalue weighted by Gasteiger charge is -2.43. The molecule has 1 aromatic rings. The van der Waals surface area contributed by atoms with Crippen molar-refractivity contribution in [3.8, 4) is 0 Å². The molecule has 0 saturated heterocycles. The second kappa shape index (κ2) is 3.91. The third-order valence-electron chi connectivity index (χ3n) is 3.16. The summed E-state index contributed by atoms with van der Waals surface area (Å²) < 4.78 is 12.6. The minimum atomic E-state index is -0.569. The summed E-state index contributed by atoms with van der Waals surface area (Å²) in [7, 11) is 0. The third kappa shape index (κ3) is 2.36. The molecule has 1 aliphatic rings. The van der Waals surface area contributed by atoms with Crippen molar-refractivity contribution in [1.29, 1.82) is 0 Å². The summed E-state index contributed by atoms with van der Waals surface area (Å²) in [6, 6.07) is 6.60. The Morgan fingerprint density at radius 3 is 2.60 bits per heavy atom. The summed E-state index contributed by atoms with van der Waals surface area (Å²) in [6.45, 7) is 2.53. The van der Waals surface area contributed by atoms with Crippen molar-refractivity contribution in [3.63, 3.8) is 0 Å². The molecule has 0 heterocycles. The number of halogens is 1. The molecular formula is C12H16FNO. The highest BCUT2D eigenvalue weighted by atomic mass is 19.1. The maximum absolute atomic E-state index is 12.6. The van der Waals surface area contributed by atoms with Crippen LogP contribution in [0.2, 0.25) is 0 Å². The van der Waals surface area contributed by atoms with Crippen LogP contribution < -0.4 is 5.32 Å². The van der Waals surface area contributed by atoms with E-state index >= 15 is 0 Å². The quantitative estimate of drug-likeness (QED) is 0.796.